The molecule has 2 amide bonds. The number of benzene rings is 2. The van der Waals surface area contributed by atoms with E-state index >= 15 is 0 Å². The van der Waals surface area contributed by atoms with E-state index in [9.17, 15) is 14.9 Å². The lowest BCUT2D eigenvalue weighted by Gasteiger charge is -2.14. The van der Waals surface area contributed by atoms with Gasteiger partial charge in [0.05, 0.1) is 23.1 Å². The summed E-state index contributed by atoms with van der Waals surface area (Å²) in [6.07, 6.45) is 1.57. The van der Waals surface area contributed by atoms with Crippen molar-refractivity contribution in [3.8, 4) is 17.4 Å². The minimum absolute atomic E-state index is 0.244. The predicted molar refractivity (Wildman–Crippen MR) is 112 cm³/mol. The van der Waals surface area contributed by atoms with Crippen LogP contribution in [0.25, 0.3) is 17.4 Å². The van der Waals surface area contributed by atoms with Crippen LogP contribution in [0.5, 0.6) is 0 Å². The Hall–Kier alpha value is -3.56. The number of carbonyl (C=O) groups excluding carboxylic acids is 2. The highest BCUT2D eigenvalue weighted by molar-refractivity contribution is 8.18. The van der Waals surface area contributed by atoms with Crippen LogP contribution in [-0.4, -0.2) is 16.0 Å². The second kappa shape index (κ2) is 7.82. The summed E-state index contributed by atoms with van der Waals surface area (Å²) in [5.41, 5.74) is 3.15. The molecule has 0 bridgehead atoms. The van der Waals surface area contributed by atoms with Crippen LogP contribution in [0.1, 0.15) is 22.5 Å². The van der Waals surface area contributed by atoms with Crippen molar-refractivity contribution in [2.45, 2.75) is 13.5 Å². The molecule has 0 unspecified atom stereocenters. The van der Waals surface area contributed by atoms with Crippen LogP contribution in [-0.2, 0) is 11.3 Å². The van der Waals surface area contributed by atoms with E-state index < -0.39 is 0 Å². The van der Waals surface area contributed by atoms with E-state index in [1.54, 1.807) is 36.4 Å². The fourth-order valence-corrected chi connectivity index (χ4v) is 3.91. The van der Waals surface area contributed by atoms with Gasteiger partial charge in [-0.15, -0.1) is 0 Å². The number of nitriles is 1. The number of rotatable bonds is 4. The first-order chi connectivity index (χ1) is 14.1. The number of amides is 2. The lowest BCUT2D eigenvalue weighted by Crippen LogP contribution is -2.27. The standard InChI is InChI=1S/C23H16N2O3S/c1-15-6-2-3-8-17(15)14-25-22(26)21(29-23(25)27)12-18-10-11-20(28-18)19-9-5-4-7-16(19)13-24/h2-12H,14H2,1H3/b21-12-. The molecule has 3 aromatic rings. The van der Waals surface area contributed by atoms with Crippen LogP contribution < -0.4 is 0 Å². The number of furan rings is 1. The number of aryl methyl sites for hydroxylation is 1. The molecule has 1 aliphatic rings. The summed E-state index contributed by atoms with van der Waals surface area (Å²) in [7, 11) is 0. The quantitative estimate of drug-likeness (QED) is 0.551. The minimum atomic E-state index is -0.335. The molecule has 142 valence electrons. The zero-order valence-electron chi connectivity index (χ0n) is 15.6. The van der Waals surface area contributed by atoms with Crippen LogP contribution in [0.15, 0.2) is 70.0 Å². The molecule has 0 saturated carbocycles. The summed E-state index contributed by atoms with van der Waals surface area (Å²) in [5, 5.41) is 8.96. The Kier molecular flexibility index (Phi) is 5.07. The van der Waals surface area contributed by atoms with Crippen LogP contribution in [0.2, 0.25) is 0 Å². The van der Waals surface area contributed by atoms with Crippen molar-refractivity contribution < 1.29 is 14.0 Å². The summed E-state index contributed by atoms with van der Waals surface area (Å²) in [6.45, 7) is 2.20. The molecule has 0 spiro atoms. The molecule has 0 atom stereocenters. The SMILES string of the molecule is Cc1ccccc1CN1C(=O)S/C(=C\c2ccc(-c3ccccc3C#N)o2)C1=O. The summed E-state index contributed by atoms with van der Waals surface area (Å²) in [4.78, 5) is 26.7. The molecule has 5 nitrogen and oxygen atoms in total. The smallest absolute Gasteiger partial charge is 0.293 e. The Morgan fingerprint density at radius 2 is 1.83 bits per heavy atom. The van der Waals surface area contributed by atoms with E-state index in [1.807, 2.05) is 37.3 Å². The molecule has 1 aliphatic heterocycles. The van der Waals surface area contributed by atoms with Gasteiger partial charge in [0.1, 0.15) is 11.5 Å². The van der Waals surface area contributed by atoms with Crippen LogP contribution in [0, 0.1) is 18.3 Å². The molecule has 0 radical (unpaired) electrons. The maximum absolute atomic E-state index is 12.7. The molecule has 4 rings (SSSR count). The Bertz CT molecular complexity index is 1190. The van der Waals surface area contributed by atoms with Crippen LogP contribution in [0.3, 0.4) is 0 Å². The van der Waals surface area contributed by atoms with Gasteiger partial charge < -0.3 is 4.42 Å². The molecule has 2 heterocycles. The van der Waals surface area contributed by atoms with Crippen molar-refractivity contribution in [2.75, 3.05) is 0 Å². The van der Waals surface area contributed by atoms with Crippen molar-refractivity contribution in [3.63, 3.8) is 0 Å². The Morgan fingerprint density at radius 1 is 1.07 bits per heavy atom. The normalized spacial score (nSPS) is 15.2. The number of hydrogen-bond donors (Lipinski definition) is 0. The van der Waals surface area contributed by atoms with Gasteiger partial charge >= 0.3 is 0 Å². The van der Waals surface area contributed by atoms with E-state index in [0.29, 0.717) is 27.6 Å². The number of hydrogen-bond acceptors (Lipinski definition) is 5. The van der Waals surface area contributed by atoms with E-state index in [1.165, 1.54) is 4.90 Å². The third-order valence-electron chi connectivity index (χ3n) is 4.68. The number of nitrogens with zero attached hydrogens (tertiary/aromatic N) is 2. The monoisotopic (exact) mass is 400 g/mol. The summed E-state index contributed by atoms with van der Waals surface area (Å²) in [5.74, 6) is 0.653. The van der Waals surface area contributed by atoms with E-state index in [2.05, 4.69) is 6.07 Å². The zero-order chi connectivity index (χ0) is 20.4. The predicted octanol–water partition coefficient (Wildman–Crippen LogP) is 5.36. The third-order valence-corrected chi connectivity index (χ3v) is 5.58. The lowest BCUT2D eigenvalue weighted by molar-refractivity contribution is -0.123. The van der Waals surface area contributed by atoms with Gasteiger partial charge in [0.15, 0.2) is 0 Å². The first-order valence-corrected chi connectivity index (χ1v) is 9.77. The first-order valence-electron chi connectivity index (χ1n) is 8.96. The third kappa shape index (κ3) is 3.73. The van der Waals surface area contributed by atoms with Crippen LogP contribution in [0.4, 0.5) is 4.79 Å². The molecule has 29 heavy (non-hydrogen) atoms. The Labute approximate surface area is 172 Å². The fourth-order valence-electron chi connectivity index (χ4n) is 3.09. The van der Waals surface area contributed by atoms with Crippen molar-refractivity contribution in [1.29, 1.82) is 5.26 Å². The number of thioether (sulfide) groups is 1. The molecule has 1 saturated heterocycles. The average molecular weight is 400 g/mol. The van der Waals surface area contributed by atoms with E-state index in [-0.39, 0.29) is 17.7 Å². The van der Waals surface area contributed by atoms with Gasteiger partial charge in [0.2, 0.25) is 0 Å². The fraction of sp³-hybridized carbons (Fsp3) is 0.0870. The van der Waals surface area contributed by atoms with Crippen molar-refractivity contribution in [2.24, 2.45) is 0 Å². The minimum Gasteiger partial charge on any atom is -0.457 e. The zero-order valence-corrected chi connectivity index (χ0v) is 16.4. The summed E-state index contributed by atoms with van der Waals surface area (Å²) < 4.78 is 5.81. The van der Waals surface area contributed by atoms with Crippen molar-refractivity contribution in [3.05, 3.63) is 88.0 Å². The topological polar surface area (TPSA) is 74.3 Å². The average Bonchev–Trinajstić information content (AvgIpc) is 3.30. The van der Waals surface area contributed by atoms with Crippen LogP contribution >= 0.6 is 11.8 Å². The highest BCUT2D eigenvalue weighted by Crippen LogP contribution is 2.34. The molecular weight excluding hydrogens is 384 g/mol. The Morgan fingerprint density at radius 3 is 2.62 bits per heavy atom. The molecule has 2 aromatic carbocycles. The molecule has 1 aromatic heterocycles. The van der Waals surface area contributed by atoms with Crippen molar-refractivity contribution >= 4 is 29.0 Å². The maximum Gasteiger partial charge on any atom is 0.293 e. The van der Waals surface area contributed by atoms with Gasteiger partial charge in [-0.2, -0.15) is 5.26 Å². The van der Waals surface area contributed by atoms with Gasteiger partial charge in [-0.25, -0.2) is 0 Å². The highest BCUT2D eigenvalue weighted by atomic mass is 32.2. The second-order valence-electron chi connectivity index (χ2n) is 6.55. The van der Waals surface area contributed by atoms with Gasteiger partial charge in [-0.1, -0.05) is 36.4 Å². The first kappa shape index (κ1) is 18.8. The largest absolute Gasteiger partial charge is 0.457 e. The summed E-state index contributed by atoms with van der Waals surface area (Å²) in [6, 6.07) is 20.4. The molecular formula is C23H16N2O3S. The van der Waals surface area contributed by atoms with Crippen molar-refractivity contribution in [1.82, 2.24) is 4.90 Å². The van der Waals surface area contributed by atoms with Gasteiger partial charge in [-0.05, 0) is 54.1 Å². The highest BCUT2D eigenvalue weighted by Gasteiger charge is 2.35. The maximum atomic E-state index is 12.7. The molecule has 0 N–H and O–H groups in total. The van der Waals surface area contributed by atoms with Gasteiger partial charge in [0.25, 0.3) is 11.1 Å². The summed E-state index contributed by atoms with van der Waals surface area (Å²) >= 11 is 0.901. The number of carbonyl (C=O) groups is 2. The lowest BCUT2D eigenvalue weighted by atomic mass is 10.1. The Balaban J connectivity index is 1.58. The molecule has 6 heteroatoms. The van der Waals surface area contributed by atoms with E-state index in [4.69, 9.17) is 4.42 Å². The molecule has 1 fully saturated rings. The van der Waals surface area contributed by atoms with E-state index in [0.717, 1.165) is 22.9 Å². The molecule has 0 aliphatic carbocycles. The second-order valence-corrected chi connectivity index (χ2v) is 7.55. The van der Waals surface area contributed by atoms with Gasteiger partial charge in [0, 0.05) is 11.6 Å². The van der Waals surface area contributed by atoms with Gasteiger partial charge in [-0.3, -0.25) is 14.5 Å². The number of imide groups is 1.